The summed E-state index contributed by atoms with van der Waals surface area (Å²) < 4.78 is 0. The van der Waals surface area contributed by atoms with E-state index in [0.29, 0.717) is 6.42 Å². The SMILES string of the molecule is C=CC(=O)[O-].C=CC(=O)[O-].C=CC(=O)[O-].C=CC(=O)[O-].CCCCCCCCCCCC(=O)O.[Zr+4]. The van der Waals surface area contributed by atoms with Crippen LogP contribution in [0, 0.1) is 0 Å². The predicted octanol–water partition coefficient (Wildman–Crippen LogP) is -0.321. The van der Waals surface area contributed by atoms with Crippen LogP contribution in [0.3, 0.4) is 0 Å². The van der Waals surface area contributed by atoms with Crippen LogP contribution in [-0.2, 0) is 50.2 Å². The van der Waals surface area contributed by atoms with E-state index in [4.69, 9.17) is 44.7 Å². The topological polar surface area (TPSA) is 198 Å². The molecule has 0 saturated heterocycles. The van der Waals surface area contributed by atoms with Crippen molar-refractivity contribution in [3.8, 4) is 0 Å². The van der Waals surface area contributed by atoms with Gasteiger partial charge in [-0.15, -0.1) is 0 Å². The molecule has 0 aromatic carbocycles. The van der Waals surface area contributed by atoms with E-state index in [1.807, 2.05) is 0 Å². The fourth-order valence-corrected chi connectivity index (χ4v) is 1.59. The number of carboxylic acids is 5. The van der Waals surface area contributed by atoms with Crippen LogP contribution in [0.4, 0.5) is 0 Å². The number of rotatable bonds is 14. The van der Waals surface area contributed by atoms with Crippen LogP contribution in [-0.4, -0.2) is 35.0 Å². The standard InChI is InChI=1S/C12H24O2.4C3H4O2.Zr/c1-2-3-4-5-6-7-8-9-10-11-12(13)14;4*1-2-3(4)5;/h2-11H2,1H3,(H,13,14);4*2H,1H2,(H,4,5);/q;;;;;+4/p-4. The first-order valence-electron chi connectivity index (χ1n) is 10.4. The van der Waals surface area contributed by atoms with Crippen LogP contribution in [0.2, 0.25) is 0 Å². The molecule has 0 radical (unpaired) electrons. The average Bonchev–Trinajstić information content (AvgIpc) is 2.79. The number of carbonyl (C=O) groups excluding carboxylic acids is 4. The zero-order valence-corrected chi connectivity index (χ0v) is 22.8. The molecule has 0 aromatic heterocycles. The van der Waals surface area contributed by atoms with Crippen molar-refractivity contribution in [1.29, 1.82) is 0 Å². The molecule has 0 bridgehead atoms. The minimum atomic E-state index is -1.23. The van der Waals surface area contributed by atoms with Crippen LogP contribution < -0.4 is 20.4 Å². The third-order valence-corrected chi connectivity index (χ3v) is 3.16. The van der Waals surface area contributed by atoms with E-state index >= 15 is 0 Å². The first-order valence-corrected chi connectivity index (χ1v) is 10.4. The van der Waals surface area contributed by atoms with Gasteiger partial charge in [-0.2, -0.15) is 0 Å². The van der Waals surface area contributed by atoms with Crippen molar-refractivity contribution < 1.29 is 75.7 Å². The first-order chi connectivity index (χ1) is 15.9. The molecule has 35 heavy (non-hydrogen) atoms. The maximum atomic E-state index is 10.2. The van der Waals surface area contributed by atoms with E-state index in [0.717, 1.165) is 37.1 Å². The Hall–Kier alpha value is -2.81. The smallest absolute Gasteiger partial charge is 0.545 e. The zero-order valence-electron chi connectivity index (χ0n) is 20.3. The third-order valence-electron chi connectivity index (χ3n) is 3.16. The second-order valence-electron chi connectivity index (χ2n) is 6.06. The third kappa shape index (κ3) is 101. The van der Waals surface area contributed by atoms with Crippen molar-refractivity contribution in [2.24, 2.45) is 0 Å². The Morgan fingerprint density at radius 1 is 0.571 bits per heavy atom. The molecule has 1 N–H and O–H groups in total. The molecule has 0 rings (SSSR count). The summed E-state index contributed by atoms with van der Waals surface area (Å²) in [4.78, 5) is 46.8. The minimum Gasteiger partial charge on any atom is -0.545 e. The summed E-state index contributed by atoms with van der Waals surface area (Å²) in [7, 11) is 0. The van der Waals surface area contributed by atoms with Crippen LogP contribution >= 0.6 is 0 Å². The minimum absolute atomic E-state index is 0. The second-order valence-corrected chi connectivity index (χ2v) is 6.06. The molecular formula is C24H36O10Zr. The summed E-state index contributed by atoms with van der Waals surface area (Å²) in [6, 6.07) is 0. The Morgan fingerprint density at radius 3 is 0.943 bits per heavy atom. The molecule has 0 spiro atoms. The van der Waals surface area contributed by atoms with E-state index in [9.17, 15) is 4.79 Å². The van der Waals surface area contributed by atoms with Gasteiger partial charge in [0.1, 0.15) is 0 Å². The van der Waals surface area contributed by atoms with Crippen molar-refractivity contribution in [3.63, 3.8) is 0 Å². The van der Waals surface area contributed by atoms with E-state index in [-0.39, 0.29) is 26.2 Å². The molecule has 11 heteroatoms. The van der Waals surface area contributed by atoms with Crippen LogP contribution in [0.1, 0.15) is 71.1 Å². The summed E-state index contributed by atoms with van der Waals surface area (Å²) in [5, 5.41) is 45.0. The predicted molar refractivity (Wildman–Crippen MR) is 120 cm³/mol. The molecule has 0 aliphatic carbocycles. The quantitative estimate of drug-likeness (QED) is 0.211. The Kier molecular flexibility index (Phi) is 54.1. The zero-order chi connectivity index (χ0) is 27.8. The molecule has 0 unspecified atom stereocenters. The van der Waals surface area contributed by atoms with Gasteiger partial charge >= 0.3 is 32.2 Å². The first kappa shape index (κ1) is 45.7. The Morgan fingerprint density at radius 2 is 0.771 bits per heavy atom. The number of carbonyl (C=O) groups is 5. The molecule has 0 amide bonds. The van der Waals surface area contributed by atoms with Gasteiger partial charge in [0.15, 0.2) is 0 Å². The number of hydrogen-bond donors (Lipinski definition) is 1. The van der Waals surface area contributed by atoms with Crippen molar-refractivity contribution in [2.75, 3.05) is 0 Å². The number of hydrogen-bond acceptors (Lipinski definition) is 9. The molecule has 0 fully saturated rings. The van der Waals surface area contributed by atoms with Gasteiger partial charge in [-0.1, -0.05) is 84.6 Å². The molecule has 0 saturated carbocycles. The fraction of sp³-hybridized carbons (Fsp3) is 0.458. The average molecular weight is 576 g/mol. The Labute approximate surface area is 226 Å². The molecule has 196 valence electrons. The van der Waals surface area contributed by atoms with Gasteiger partial charge < -0.3 is 44.7 Å². The maximum absolute atomic E-state index is 10.2. The molecule has 0 atom stereocenters. The second kappa shape index (κ2) is 41.4. The van der Waals surface area contributed by atoms with Gasteiger partial charge in [-0.05, 0) is 30.7 Å². The summed E-state index contributed by atoms with van der Waals surface area (Å²) in [5.74, 6) is -5.59. The molecule has 0 aliphatic rings. The van der Waals surface area contributed by atoms with Crippen molar-refractivity contribution >= 4 is 29.8 Å². The van der Waals surface area contributed by atoms with Crippen LogP contribution in [0.5, 0.6) is 0 Å². The van der Waals surface area contributed by atoms with E-state index in [1.165, 1.54) is 44.9 Å². The van der Waals surface area contributed by atoms with E-state index < -0.39 is 29.8 Å². The fourth-order valence-electron chi connectivity index (χ4n) is 1.59. The Bertz CT molecular complexity index is 529. The van der Waals surface area contributed by atoms with Crippen molar-refractivity contribution in [1.82, 2.24) is 0 Å². The maximum Gasteiger partial charge on any atom is 4.00 e. The van der Waals surface area contributed by atoms with E-state index in [2.05, 4.69) is 33.2 Å². The van der Waals surface area contributed by atoms with Gasteiger partial charge in [0, 0.05) is 6.42 Å². The monoisotopic (exact) mass is 574 g/mol. The molecule has 0 heterocycles. The molecule has 0 aliphatic heterocycles. The summed E-state index contributed by atoms with van der Waals surface area (Å²) >= 11 is 0. The number of aliphatic carboxylic acids is 5. The normalized spacial score (nSPS) is 7.80. The molecular weight excluding hydrogens is 539 g/mol. The van der Waals surface area contributed by atoms with Gasteiger partial charge in [0.2, 0.25) is 0 Å². The van der Waals surface area contributed by atoms with Gasteiger partial charge in [0.25, 0.3) is 0 Å². The number of unbranched alkanes of at least 4 members (excludes halogenated alkanes) is 8. The van der Waals surface area contributed by atoms with Gasteiger partial charge in [-0.3, -0.25) is 4.79 Å². The number of carboxylic acid groups (broad SMARTS) is 5. The van der Waals surface area contributed by atoms with Crippen molar-refractivity contribution in [2.45, 2.75) is 71.1 Å². The van der Waals surface area contributed by atoms with Crippen LogP contribution in [0.25, 0.3) is 0 Å². The van der Waals surface area contributed by atoms with Crippen molar-refractivity contribution in [3.05, 3.63) is 50.6 Å². The van der Waals surface area contributed by atoms with Gasteiger partial charge in [0.05, 0.1) is 23.9 Å². The largest absolute Gasteiger partial charge is 4.00 e. The summed E-state index contributed by atoms with van der Waals surface area (Å²) in [5.41, 5.74) is 0. The van der Waals surface area contributed by atoms with Crippen LogP contribution in [0.15, 0.2) is 50.6 Å². The molecule has 10 nitrogen and oxygen atoms in total. The summed E-state index contributed by atoms with van der Waals surface area (Å²) in [6.07, 6.45) is 14.4. The Balaban J connectivity index is -0.0000000835. The van der Waals surface area contributed by atoms with E-state index in [1.54, 1.807) is 0 Å². The molecule has 0 aromatic rings. The van der Waals surface area contributed by atoms with Gasteiger partial charge in [-0.25, -0.2) is 0 Å². The summed E-state index contributed by atoms with van der Waals surface area (Å²) in [6.45, 7) is 13.8.